The molecule has 4 aromatic rings. The van der Waals surface area contributed by atoms with Gasteiger partial charge in [-0.2, -0.15) is 0 Å². The molecule has 0 saturated carbocycles. The van der Waals surface area contributed by atoms with Crippen LogP contribution in [0.5, 0.6) is 0 Å². The fraction of sp³-hybridized carbons (Fsp3) is 0.207. The molecule has 4 heterocycles. The van der Waals surface area contributed by atoms with Crippen LogP contribution in [0.25, 0.3) is 5.69 Å². The van der Waals surface area contributed by atoms with E-state index in [2.05, 4.69) is 55.0 Å². The van der Waals surface area contributed by atoms with Crippen LogP contribution in [0.2, 0.25) is 0 Å². The standard InChI is InChI=1S/C29H27N5O3S/c35-28(36)20-6-8-22(9-7-20)33-15-3-5-25(33)27-26(24-4-1-2-14-30-24)31-29(38)34(27)23-12-10-21(11-13-23)32-16-18-37-19-17-32/h1-15,26-27H,16-19H2,(H,31,38)(H,35,36)/t26-,27+/m0/s1. The largest absolute Gasteiger partial charge is 0.478 e. The average Bonchev–Trinajstić information content (AvgIpc) is 3.58. The number of hydrogen-bond donors (Lipinski definition) is 2. The van der Waals surface area contributed by atoms with Crippen LogP contribution in [0, 0.1) is 0 Å². The molecule has 2 N–H and O–H groups in total. The molecule has 0 unspecified atom stereocenters. The van der Waals surface area contributed by atoms with Gasteiger partial charge in [0.15, 0.2) is 5.11 Å². The SMILES string of the molecule is O=C(O)c1ccc(-n2cccc2[C@@H]2[C@H](c3ccccn3)NC(=S)N2c2ccc(N3CCOCC3)cc2)cc1. The van der Waals surface area contributed by atoms with Crippen LogP contribution in [-0.4, -0.2) is 52.0 Å². The highest BCUT2D eigenvalue weighted by Gasteiger charge is 2.42. The molecular weight excluding hydrogens is 498 g/mol. The summed E-state index contributed by atoms with van der Waals surface area (Å²) < 4.78 is 7.58. The Balaban J connectivity index is 1.40. The van der Waals surface area contributed by atoms with Gasteiger partial charge in [-0.15, -0.1) is 0 Å². The first kappa shape index (κ1) is 24.1. The molecule has 2 aliphatic rings. The van der Waals surface area contributed by atoms with E-state index < -0.39 is 5.97 Å². The Hall–Kier alpha value is -4.21. The van der Waals surface area contributed by atoms with Crippen LogP contribution in [0.1, 0.15) is 33.8 Å². The van der Waals surface area contributed by atoms with Crippen LogP contribution in [0.15, 0.2) is 91.3 Å². The smallest absolute Gasteiger partial charge is 0.335 e. The number of ether oxygens (including phenoxy) is 1. The van der Waals surface area contributed by atoms with Crippen molar-refractivity contribution in [1.82, 2.24) is 14.9 Å². The van der Waals surface area contributed by atoms with Gasteiger partial charge in [0.05, 0.1) is 30.5 Å². The van der Waals surface area contributed by atoms with E-state index in [1.807, 2.05) is 42.6 Å². The number of thiocarbonyl (C=S) groups is 1. The molecule has 192 valence electrons. The Labute approximate surface area is 226 Å². The van der Waals surface area contributed by atoms with E-state index in [1.54, 1.807) is 18.3 Å². The van der Waals surface area contributed by atoms with Crippen LogP contribution < -0.4 is 15.1 Å². The van der Waals surface area contributed by atoms with Crippen molar-refractivity contribution in [1.29, 1.82) is 0 Å². The molecule has 0 spiro atoms. The maximum atomic E-state index is 11.4. The summed E-state index contributed by atoms with van der Waals surface area (Å²) in [7, 11) is 0. The number of anilines is 2. The number of aromatic nitrogens is 2. The molecule has 0 bridgehead atoms. The van der Waals surface area contributed by atoms with Crippen molar-refractivity contribution < 1.29 is 14.6 Å². The number of carbonyl (C=O) groups is 1. The lowest BCUT2D eigenvalue weighted by atomic mass is 10.0. The summed E-state index contributed by atoms with van der Waals surface area (Å²) >= 11 is 5.90. The summed E-state index contributed by atoms with van der Waals surface area (Å²) in [6, 6.07) is 25.0. The Bertz CT molecular complexity index is 1430. The molecule has 2 aromatic carbocycles. The molecule has 2 saturated heterocycles. The fourth-order valence-corrected chi connectivity index (χ4v) is 5.56. The van der Waals surface area contributed by atoms with Crippen molar-refractivity contribution >= 4 is 34.7 Å². The van der Waals surface area contributed by atoms with Gasteiger partial charge in [-0.05, 0) is 85.0 Å². The second-order valence-corrected chi connectivity index (χ2v) is 9.65. The van der Waals surface area contributed by atoms with E-state index in [9.17, 15) is 9.90 Å². The first-order valence-corrected chi connectivity index (χ1v) is 13.0. The first-order chi connectivity index (χ1) is 18.6. The number of morpholine rings is 1. The maximum absolute atomic E-state index is 11.4. The van der Waals surface area contributed by atoms with Gasteiger partial charge in [-0.3, -0.25) is 4.98 Å². The third-order valence-corrected chi connectivity index (χ3v) is 7.39. The molecule has 9 heteroatoms. The Morgan fingerprint density at radius 3 is 2.32 bits per heavy atom. The molecule has 38 heavy (non-hydrogen) atoms. The number of rotatable bonds is 6. The second kappa shape index (κ2) is 10.3. The lowest BCUT2D eigenvalue weighted by Crippen LogP contribution is -2.36. The van der Waals surface area contributed by atoms with Crippen LogP contribution in [0.3, 0.4) is 0 Å². The molecule has 8 nitrogen and oxygen atoms in total. The highest BCUT2D eigenvalue weighted by molar-refractivity contribution is 7.80. The number of nitrogens with zero attached hydrogens (tertiary/aromatic N) is 4. The molecule has 0 radical (unpaired) electrons. The zero-order valence-electron chi connectivity index (χ0n) is 20.6. The summed E-state index contributed by atoms with van der Waals surface area (Å²) in [5, 5.41) is 13.5. The fourth-order valence-electron chi connectivity index (χ4n) is 5.21. The van der Waals surface area contributed by atoms with Gasteiger partial charge in [0.2, 0.25) is 0 Å². The van der Waals surface area contributed by atoms with E-state index in [4.69, 9.17) is 17.0 Å². The Kier molecular flexibility index (Phi) is 6.53. The van der Waals surface area contributed by atoms with Crippen LogP contribution in [0.4, 0.5) is 11.4 Å². The van der Waals surface area contributed by atoms with Crippen molar-refractivity contribution in [2.24, 2.45) is 0 Å². The number of pyridine rings is 1. The monoisotopic (exact) mass is 525 g/mol. The molecule has 2 atom stereocenters. The molecular formula is C29H27N5O3S. The number of benzene rings is 2. The third-order valence-electron chi connectivity index (χ3n) is 7.08. The quantitative estimate of drug-likeness (QED) is 0.354. The predicted octanol–water partition coefficient (Wildman–Crippen LogP) is 4.58. The number of carboxylic acids is 1. The highest BCUT2D eigenvalue weighted by Crippen LogP contribution is 2.42. The topological polar surface area (TPSA) is 82.9 Å². The van der Waals surface area contributed by atoms with Crippen molar-refractivity contribution in [2.45, 2.75) is 12.1 Å². The minimum atomic E-state index is -0.948. The summed E-state index contributed by atoms with van der Waals surface area (Å²) in [5.74, 6) is -0.948. The Morgan fingerprint density at radius 2 is 1.63 bits per heavy atom. The number of aromatic carboxylic acids is 1. The minimum absolute atomic E-state index is 0.186. The predicted molar refractivity (Wildman–Crippen MR) is 150 cm³/mol. The van der Waals surface area contributed by atoms with E-state index in [1.165, 1.54) is 0 Å². The lowest BCUT2D eigenvalue weighted by molar-refractivity contribution is 0.0697. The second-order valence-electron chi connectivity index (χ2n) is 9.27. The van der Waals surface area contributed by atoms with Crippen molar-refractivity contribution in [3.63, 3.8) is 0 Å². The molecule has 6 rings (SSSR count). The molecule has 0 amide bonds. The molecule has 2 aromatic heterocycles. The summed E-state index contributed by atoms with van der Waals surface area (Å²) in [4.78, 5) is 20.5. The summed E-state index contributed by atoms with van der Waals surface area (Å²) in [6.45, 7) is 3.23. The van der Waals surface area contributed by atoms with Crippen molar-refractivity contribution in [3.8, 4) is 5.69 Å². The van der Waals surface area contributed by atoms with Crippen LogP contribution >= 0.6 is 12.2 Å². The van der Waals surface area contributed by atoms with Crippen molar-refractivity contribution in [3.05, 3.63) is 108 Å². The average molecular weight is 526 g/mol. The first-order valence-electron chi connectivity index (χ1n) is 12.5. The Morgan fingerprint density at radius 1 is 0.921 bits per heavy atom. The molecule has 2 fully saturated rings. The van der Waals surface area contributed by atoms with E-state index in [0.717, 1.165) is 54.8 Å². The zero-order chi connectivity index (χ0) is 26.1. The van der Waals surface area contributed by atoms with Gasteiger partial charge in [0, 0.05) is 48.2 Å². The lowest BCUT2D eigenvalue weighted by Gasteiger charge is -2.31. The van der Waals surface area contributed by atoms with Gasteiger partial charge in [0.1, 0.15) is 6.04 Å². The number of hydrogen-bond acceptors (Lipinski definition) is 5. The van der Waals surface area contributed by atoms with Crippen molar-refractivity contribution in [2.75, 3.05) is 36.1 Å². The van der Waals surface area contributed by atoms with E-state index in [-0.39, 0.29) is 17.6 Å². The molecule has 0 aliphatic carbocycles. The summed E-state index contributed by atoms with van der Waals surface area (Å²) in [6.07, 6.45) is 3.78. The van der Waals surface area contributed by atoms with Gasteiger partial charge in [0.25, 0.3) is 0 Å². The van der Waals surface area contributed by atoms with Crippen LogP contribution in [-0.2, 0) is 4.74 Å². The molecule has 2 aliphatic heterocycles. The minimum Gasteiger partial charge on any atom is -0.478 e. The van der Waals surface area contributed by atoms with Gasteiger partial charge in [-0.1, -0.05) is 6.07 Å². The normalized spacial score (nSPS) is 19.4. The van der Waals surface area contributed by atoms with Gasteiger partial charge in [-0.25, -0.2) is 4.79 Å². The number of nitrogens with one attached hydrogen (secondary N) is 1. The van der Waals surface area contributed by atoms with E-state index >= 15 is 0 Å². The van der Waals surface area contributed by atoms with Gasteiger partial charge >= 0.3 is 5.97 Å². The maximum Gasteiger partial charge on any atom is 0.335 e. The van der Waals surface area contributed by atoms with E-state index in [0.29, 0.717) is 5.11 Å². The number of carboxylic acid groups (broad SMARTS) is 1. The highest BCUT2D eigenvalue weighted by atomic mass is 32.1. The third kappa shape index (κ3) is 4.51. The van der Waals surface area contributed by atoms with Gasteiger partial charge < -0.3 is 29.5 Å². The summed E-state index contributed by atoms with van der Waals surface area (Å²) in [5.41, 5.74) is 5.16. The zero-order valence-corrected chi connectivity index (χ0v) is 21.4.